The molecule has 0 radical (unpaired) electrons. The third-order valence-corrected chi connectivity index (χ3v) is 4.84. The Labute approximate surface area is 171 Å². The fourth-order valence-corrected chi connectivity index (χ4v) is 3.17. The van der Waals surface area contributed by atoms with Crippen LogP contribution in [0.4, 0.5) is 0 Å². The average Bonchev–Trinajstić information content (AvgIpc) is 3.31. The van der Waals surface area contributed by atoms with Gasteiger partial charge in [0.2, 0.25) is 0 Å². The number of nitrogens with one attached hydrogen (secondary N) is 1. The number of rotatable bonds is 6. The van der Waals surface area contributed by atoms with Gasteiger partial charge in [-0.15, -0.1) is 0 Å². The van der Waals surface area contributed by atoms with Crippen molar-refractivity contribution in [2.24, 2.45) is 0 Å². The standard InChI is InChI=1S/C12H17N.C11H11N3O2/c1-2-6-12(7-3-1)8-11-13-9-4-5-10-13;1-12-10(15)7-16-11-13-6-8-4-2-3-5-9(8)14-11/h1-3,6-7H,4-5,8-11H2;2-6H,7H2,1H3,(H,12,15). The van der Waals surface area contributed by atoms with Crippen molar-refractivity contribution in [1.29, 1.82) is 0 Å². The molecule has 6 nitrogen and oxygen atoms in total. The van der Waals surface area contributed by atoms with Crippen molar-refractivity contribution < 1.29 is 9.53 Å². The van der Waals surface area contributed by atoms with Crippen molar-refractivity contribution >= 4 is 16.8 Å². The van der Waals surface area contributed by atoms with Crippen LogP contribution >= 0.6 is 0 Å². The number of likely N-dealkylation sites (N-methyl/N-ethyl adjacent to an activating group) is 1. The van der Waals surface area contributed by atoms with Gasteiger partial charge in [-0.2, -0.15) is 4.98 Å². The molecule has 3 aromatic rings. The predicted molar refractivity (Wildman–Crippen MR) is 115 cm³/mol. The Morgan fingerprint density at radius 2 is 1.79 bits per heavy atom. The van der Waals surface area contributed by atoms with Gasteiger partial charge in [-0.3, -0.25) is 4.79 Å². The van der Waals surface area contributed by atoms with Crippen LogP contribution in [0.3, 0.4) is 0 Å². The molecule has 1 aromatic heterocycles. The van der Waals surface area contributed by atoms with Crippen molar-refractivity contribution in [2.75, 3.05) is 33.3 Å². The number of nitrogens with zero attached hydrogens (tertiary/aromatic N) is 3. The number of hydrogen-bond acceptors (Lipinski definition) is 5. The zero-order valence-electron chi connectivity index (χ0n) is 16.9. The summed E-state index contributed by atoms with van der Waals surface area (Å²) in [6.45, 7) is 3.79. The Hall–Kier alpha value is -2.99. The molecule has 1 saturated heterocycles. The van der Waals surface area contributed by atoms with Crippen LogP contribution in [-0.2, 0) is 11.2 Å². The quantitative estimate of drug-likeness (QED) is 0.698. The molecule has 29 heavy (non-hydrogen) atoms. The van der Waals surface area contributed by atoms with Crippen LogP contribution in [0.25, 0.3) is 10.9 Å². The van der Waals surface area contributed by atoms with E-state index < -0.39 is 0 Å². The third-order valence-electron chi connectivity index (χ3n) is 4.84. The summed E-state index contributed by atoms with van der Waals surface area (Å²) < 4.78 is 5.13. The minimum absolute atomic E-state index is 0.0746. The first-order valence-electron chi connectivity index (χ1n) is 10.1. The highest BCUT2D eigenvalue weighted by Gasteiger charge is 2.10. The van der Waals surface area contributed by atoms with Gasteiger partial charge >= 0.3 is 6.01 Å². The minimum Gasteiger partial charge on any atom is -0.453 e. The van der Waals surface area contributed by atoms with Gasteiger partial charge in [0.1, 0.15) is 0 Å². The van der Waals surface area contributed by atoms with Crippen molar-refractivity contribution in [3.05, 3.63) is 66.4 Å². The monoisotopic (exact) mass is 392 g/mol. The molecule has 1 amide bonds. The second kappa shape index (κ2) is 11.1. The minimum atomic E-state index is -0.211. The first-order chi connectivity index (χ1) is 14.2. The molecule has 0 saturated carbocycles. The molecule has 0 unspecified atom stereocenters. The van der Waals surface area contributed by atoms with E-state index in [0.717, 1.165) is 10.9 Å². The van der Waals surface area contributed by atoms with Gasteiger partial charge in [0.15, 0.2) is 6.61 Å². The first-order valence-corrected chi connectivity index (χ1v) is 10.1. The van der Waals surface area contributed by atoms with Crippen LogP contribution in [0.2, 0.25) is 0 Å². The van der Waals surface area contributed by atoms with E-state index in [2.05, 4.69) is 50.5 Å². The molecule has 1 N–H and O–H groups in total. The molecule has 0 atom stereocenters. The summed E-state index contributed by atoms with van der Waals surface area (Å²) in [5.41, 5.74) is 2.26. The van der Waals surface area contributed by atoms with E-state index in [9.17, 15) is 4.79 Å². The van der Waals surface area contributed by atoms with Crippen molar-refractivity contribution in [1.82, 2.24) is 20.2 Å². The number of hydrogen-bond donors (Lipinski definition) is 1. The predicted octanol–water partition coefficient (Wildman–Crippen LogP) is 3.08. The van der Waals surface area contributed by atoms with Gasteiger partial charge in [-0.05, 0) is 44.0 Å². The number of benzene rings is 2. The Bertz CT molecular complexity index is 896. The molecule has 4 rings (SSSR count). The lowest BCUT2D eigenvalue weighted by molar-refractivity contribution is -0.122. The Kier molecular flexibility index (Phi) is 7.95. The summed E-state index contributed by atoms with van der Waals surface area (Å²) in [6.07, 6.45) is 5.67. The number of carbonyl (C=O) groups is 1. The molecule has 6 heteroatoms. The molecular weight excluding hydrogens is 364 g/mol. The van der Waals surface area contributed by atoms with Crippen LogP contribution in [0.5, 0.6) is 6.01 Å². The summed E-state index contributed by atoms with van der Waals surface area (Å²) in [6, 6.07) is 18.6. The number of carbonyl (C=O) groups excluding carboxylic acids is 1. The summed E-state index contributed by atoms with van der Waals surface area (Å²) in [7, 11) is 1.55. The topological polar surface area (TPSA) is 67.3 Å². The maximum atomic E-state index is 11.0. The fourth-order valence-electron chi connectivity index (χ4n) is 3.17. The Morgan fingerprint density at radius 3 is 2.55 bits per heavy atom. The van der Waals surface area contributed by atoms with E-state index in [0.29, 0.717) is 0 Å². The molecule has 1 aliphatic heterocycles. The number of fused-ring (bicyclic) bond motifs is 1. The van der Waals surface area contributed by atoms with Gasteiger partial charge in [0.25, 0.3) is 5.91 Å². The van der Waals surface area contributed by atoms with Gasteiger partial charge in [0.05, 0.1) is 5.52 Å². The van der Waals surface area contributed by atoms with Crippen LogP contribution < -0.4 is 10.1 Å². The van der Waals surface area contributed by atoms with E-state index in [1.165, 1.54) is 44.5 Å². The molecule has 0 bridgehead atoms. The van der Waals surface area contributed by atoms with Crippen molar-refractivity contribution in [3.8, 4) is 6.01 Å². The lowest BCUT2D eigenvalue weighted by Crippen LogP contribution is -2.25. The van der Waals surface area contributed by atoms with Crippen LogP contribution in [0, 0.1) is 0 Å². The first kappa shape index (κ1) is 20.7. The van der Waals surface area contributed by atoms with Gasteiger partial charge in [-0.1, -0.05) is 48.5 Å². The third kappa shape index (κ3) is 6.84. The van der Waals surface area contributed by atoms with Gasteiger partial charge < -0.3 is 15.0 Å². The van der Waals surface area contributed by atoms with E-state index in [1.807, 2.05) is 24.3 Å². The van der Waals surface area contributed by atoms with Crippen molar-refractivity contribution in [2.45, 2.75) is 19.3 Å². The number of para-hydroxylation sites is 1. The maximum Gasteiger partial charge on any atom is 0.317 e. The maximum absolute atomic E-state index is 11.0. The van der Waals surface area contributed by atoms with E-state index in [-0.39, 0.29) is 18.5 Å². The zero-order chi connectivity index (χ0) is 20.3. The largest absolute Gasteiger partial charge is 0.453 e. The number of aromatic nitrogens is 2. The molecule has 1 fully saturated rings. The lowest BCUT2D eigenvalue weighted by Gasteiger charge is -2.13. The summed E-state index contributed by atoms with van der Waals surface area (Å²) in [5.74, 6) is -0.211. The normalized spacial score (nSPS) is 13.6. The highest BCUT2D eigenvalue weighted by atomic mass is 16.5. The molecule has 152 valence electrons. The van der Waals surface area contributed by atoms with Crippen LogP contribution in [-0.4, -0.2) is 54.1 Å². The Balaban J connectivity index is 0.000000169. The molecular formula is C23H28N4O2. The molecule has 2 heterocycles. The SMILES string of the molecule is CNC(=O)COc1ncc2ccccc2n1.c1ccc(CCN2CCCC2)cc1. The van der Waals surface area contributed by atoms with Crippen molar-refractivity contribution in [3.63, 3.8) is 0 Å². The zero-order valence-corrected chi connectivity index (χ0v) is 16.9. The van der Waals surface area contributed by atoms with Crippen LogP contribution in [0.15, 0.2) is 60.8 Å². The second-order valence-electron chi connectivity index (χ2n) is 6.96. The number of amides is 1. The summed E-state index contributed by atoms with van der Waals surface area (Å²) in [4.78, 5) is 21.7. The lowest BCUT2D eigenvalue weighted by atomic mass is 10.1. The second-order valence-corrected chi connectivity index (χ2v) is 6.96. The van der Waals surface area contributed by atoms with E-state index >= 15 is 0 Å². The average molecular weight is 393 g/mol. The molecule has 0 spiro atoms. The number of likely N-dealkylation sites (tertiary alicyclic amines) is 1. The number of ether oxygens (including phenoxy) is 1. The fraction of sp³-hybridized carbons (Fsp3) is 0.348. The molecule has 1 aliphatic rings. The molecule has 2 aromatic carbocycles. The van der Waals surface area contributed by atoms with E-state index in [1.54, 1.807) is 13.2 Å². The van der Waals surface area contributed by atoms with Crippen LogP contribution in [0.1, 0.15) is 18.4 Å². The summed E-state index contributed by atoms with van der Waals surface area (Å²) in [5, 5.41) is 3.39. The van der Waals surface area contributed by atoms with Gasteiger partial charge in [-0.25, -0.2) is 4.98 Å². The Morgan fingerprint density at radius 1 is 1.07 bits per heavy atom. The summed E-state index contributed by atoms with van der Waals surface area (Å²) >= 11 is 0. The van der Waals surface area contributed by atoms with E-state index in [4.69, 9.17) is 4.74 Å². The smallest absolute Gasteiger partial charge is 0.317 e. The highest BCUT2D eigenvalue weighted by molar-refractivity contribution is 5.78. The molecule has 0 aliphatic carbocycles. The van der Waals surface area contributed by atoms with Gasteiger partial charge in [0, 0.05) is 25.2 Å². The highest BCUT2D eigenvalue weighted by Crippen LogP contribution is 2.12.